The molecule has 2 aliphatic heterocycles. The third-order valence-electron chi connectivity index (χ3n) is 2.20. The first-order valence-electron chi connectivity index (χ1n) is 5.32. The molecule has 5 heteroatoms. The molecule has 13 heavy (non-hydrogen) atoms. The third-order valence-corrected chi connectivity index (χ3v) is 2.20. The summed E-state index contributed by atoms with van der Waals surface area (Å²) in [5.41, 5.74) is 0. The van der Waals surface area contributed by atoms with Gasteiger partial charge in [0.2, 0.25) is 0 Å². The lowest BCUT2D eigenvalue weighted by Crippen LogP contribution is -2.39. The molecule has 3 nitrogen and oxygen atoms in total. The van der Waals surface area contributed by atoms with Crippen LogP contribution in [0.1, 0.15) is 19.3 Å². The summed E-state index contributed by atoms with van der Waals surface area (Å²) in [4.78, 5) is 0. The van der Waals surface area contributed by atoms with Gasteiger partial charge in [0.1, 0.15) is 0 Å². The van der Waals surface area contributed by atoms with E-state index in [1.54, 1.807) is 0 Å². The number of nitrogens with one attached hydrogen (secondary N) is 1. The van der Waals surface area contributed by atoms with E-state index in [4.69, 9.17) is 9.31 Å². The van der Waals surface area contributed by atoms with Crippen molar-refractivity contribution in [1.82, 2.24) is 5.23 Å². The van der Waals surface area contributed by atoms with Crippen LogP contribution in [-0.4, -0.2) is 34.3 Å². The molecule has 2 saturated heterocycles. The molecule has 0 saturated carbocycles. The lowest BCUT2D eigenvalue weighted by molar-refractivity contribution is 0.283. The third kappa shape index (κ3) is 6.13. The molecule has 1 N–H and O–H groups in total. The maximum Gasteiger partial charge on any atom is 0.376 e. The molecule has 2 rings (SSSR count). The van der Waals surface area contributed by atoms with Crippen LogP contribution in [0.3, 0.4) is 0 Å². The summed E-state index contributed by atoms with van der Waals surface area (Å²) in [5, 5.41) is 3.16. The molecule has 74 valence electrons. The van der Waals surface area contributed by atoms with Gasteiger partial charge < -0.3 is 14.5 Å². The minimum Gasteiger partial charge on any atom is -0.439 e. The highest BCUT2D eigenvalue weighted by Gasteiger charge is 2.10. The van der Waals surface area contributed by atoms with Gasteiger partial charge in [-0.1, -0.05) is 12.7 Å². The Morgan fingerprint density at radius 1 is 1.23 bits per heavy atom. The zero-order chi connectivity index (χ0) is 9.36. The van der Waals surface area contributed by atoms with E-state index in [0.717, 1.165) is 33.7 Å². The van der Waals surface area contributed by atoms with E-state index < -0.39 is 0 Å². The minimum atomic E-state index is 0.286. The molecule has 0 amide bonds. The summed E-state index contributed by atoms with van der Waals surface area (Å²) in [6, 6.07) is 0. The summed E-state index contributed by atoms with van der Waals surface area (Å²) < 4.78 is 10.2. The fourth-order valence-corrected chi connectivity index (χ4v) is 1.38. The van der Waals surface area contributed by atoms with Gasteiger partial charge in [-0.15, -0.1) is 0 Å². The van der Waals surface area contributed by atoms with Gasteiger partial charge in [0.15, 0.2) is 0 Å². The predicted molar refractivity (Wildman–Crippen MR) is 57.3 cm³/mol. The van der Waals surface area contributed by atoms with Crippen molar-refractivity contribution < 1.29 is 9.31 Å². The maximum atomic E-state index is 5.17. The largest absolute Gasteiger partial charge is 0.439 e. The Balaban J connectivity index is 0.000000132. The van der Waals surface area contributed by atoms with Crippen molar-refractivity contribution in [3.63, 3.8) is 0 Å². The smallest absolute Gasteiger partial charge is 0.376 e. The molecule has 2 heterocycles. The Bertz CT molecular complexity index is 105. The van der Waals surface area contributed by atoms with Crippen LogP contribution in [0.2, 0.25) is 13.1 Å². The van der Waals surface area contributed by atoms with Crippen LogP contribution in [-0.2, 0) is 9.31 Å². The number of hydrogen-bond donors (Lipinski definition) is 1. The zero-order valence-electron chi connectivity index (χ0n) is 8.55. The number of rotatable bonds is 0. The fraction of sp³-hybridized carbons (Fsp3) is 1.00. The molecule has 0 aromatic carbocycles. The Morgan fingerprint density at radius 3 is 2.38 bits per heavy atom. The predicted octanol–water partition coefficient (Wildman–Crippen LogP) is 0.681. The van der Waals surface area contributed by atoms with Gasteiger partial charge >= 0.3 is 7.05 Å². The average molecular weight is 183 g/mol. The van der Waals surface area contributed by atoms with E-state index in [-0.39, 0.29) is 7.05 Å². The minimum absolute atomic E-state index is 0.286. The van der Waals surface area contributed by atoms with Crippen molar-refractivity contribution in [3.05, 3.63) is 0 Å². The van der Waals surface area contributed by atoms with Crippen LogP contribution in [0.15, 0.2) is 0 Å². The molecule has 0 spiro atoms. The van der Waals surface area contributed by atoms with Crippen LogP contribution >= 0.6 is 0 Å². The summed E-state index contributed by atoms with van der Waals surface area (Å²) in [6.45, 7) is 5.06. The first-order chi connectivity index (χ1) is 6.39. The molecule has 0 aromatic rings. The van der Waals surface area contributed by atoms with Crippen LogP contribution in [0, 0.1) is 0 Å². The molecule has 0 bridgehead atoms. The van der Waals surface area contributed by atoms with E-state index in [9.17, 15) is 0 Å². The van der Waals surface area contributed by atoms with Crippen LogP contribution < -0.4 is 5.23 Å². The topological polar surface area (TPSA) is 30.5 Å². The summed E-state index contributed by atoms with van der Waals surface area (Å²) >= 11 is 0. The number of hydrogen-bond acceptors (Lipinski definition) is 3. The van der Waals surface area contributed by atoms with Gasteiger partial charge in [-0.2, -0.15) is 0 Å². The Labute approximate surface area is 82.0 Å². The highest BCUT2D eigenvalue weighted by molar-refractivity contribution is 6.47. The van der Waals surface area contributed by atoms with Crippen molar-refractivity contribution in [2.75, 3.05) is 19.8 Å². The first-order valence-corrected chi connectivity index (χ1v) is 5.32. The van der Waals surface area contributed by atoms with E-state index in [2.05, 4.69) is 5.23 Å². The molecule has 0 aliphatic carbocycles. The van der Waals surface area contributed by atoms with Gasteiger partial charge in [0, 0.05) is 13.2 Å². The monoisotopic (exact) mass is 183 g/mol. The van der Waals surface area contributed by atoms with Gasteiger partial charge in [-0.05, 0) is 26.2 Å². The quantitative estimate of drug-likeness (QED) is 0.560. The SMILES string of the molecule is B1CCCCO1.CB1NCCCO1. The second-order valence-corrected chi connectivity index (χ2v) is 3.49. The summed E-state index contributed by atoms with van der Waals surface area (Å²) in [6.07, 6.45) is 5.09. The van der Waals surface area contributed by atoms with Crippen molar-refractivity contribution in [2.45, 2.75) is 32.4 Å². The highest BCUT2D eigenvalue weighted by Crippen LogP contribution is 2.01. The maximum absolute atomic E-state index is 5.17. The van der Waals surface area contributed by atoms with Gasteiger partial charge in [0.05, 0.1) is 0 Å². The molecule has 0 atom stereocenters. The standard InChI is InChI=1S/C4H10BNO.C4H9BO/c1-5-6-3-2-4-7-5;1-2-4-6-5-3-1/h6H,2-4H2,1H3;5H,1-4H2. The van der Waals surface area contributed by atoms with Gasteiger partial charge in [-0.25, -0.2) is 0 Å². The average Bonchev–Trinajstić information content (AvgIpc) is 2.22. The van der Waals surface area contributed by atoms with Crippen molar-refractivity contribution in [1.29, 1.82) is 0 Å². The van der Waals surface area contributed by atoms with Crippen molar-refractivity contribution >= 4 is 14.5 Å². The van der Waals surface area contributed by atoms with Gasteiger partial charge in [-0.3, -0.25) is 0 Å². The second kappa shape index (κ2) is 7.42. The Kier molecular flexibility index (Phi) is 6.33. The van der Waals surface area contributed by atoms with Crippen molar-refractivity contribution in [3.8, 4) is 0 Å². The molecule has 2 aliphatic rings. The lowest BCUT2D eigenvalue weighted by Gasteiger charge is -2.16. The lowest BCUT2D eigenvalue weighted by atomic mass is 9.86. The normalized spacial score (nSPS) is 22.7. The molecule has 2 fully saturated rings. The zero-order valence-corrected chi connectivity index (χ0v) is 8.55. The van der Waals surface area contributed by atoms with Crippen molar-refractivity contribution in [2.24, 2.45) is 0 Å². The van der Waals surface area contributed by atoms with E-state index in [1.165, 1.54) is 19.2 Å². The fourth-order valence-electron chi connectivity index (χ4n) is 1.38. The second-order valence-electron chi connectivity index (χ2n) is 3.49. The van der Waals surface area contributed by atoms with Crippen LogP contribution in [0.25, 0.3) is 0 Å². The molecule has 0 radical (unpaired) electrons. The molecular formula is C8H19B2NO2. The molecular weight excluding hydrogens is 164 g/mol. The first kappa shape index (κ1) is 11.1. The van der Waals surface area contributed by atoms with Gasteiger partial charge in [0.25, 0.3) is 7.48 Å². The summed E-state index contributed by atoms with van der Waals surface area (Å²) in [5.74, 6) is 0. The van der Waals surface area contributed by atoms with E-state index in [0.29, 0.717) is 0 Å². The summed E-state index contributed by atoms with van der Waals surface area (Å²) in [7, 11) is 1.29. The van der Waals surface area contributed by atoms with E-state index in [1.807, 2.05) is 6.82 Å². The van der Waals surface area contributed by atoms with Crippen LogP contribution in [0.5, 0.6) is 0 Å². The highest BCUT2D eigenvalue weighted by atomic mass is 16.4. The Hall–Kier alpha value is 0.00987. The Morgan fingerprint density at radius 2 is 2.15 bits per heavy atom. The molecule has 0 unspecified atom stereocenters. The molecule has 0 aromatic heterocycles. The van der Waals surface area contributed by atoms with E-state index >= 15 is 0 Å². The van der Waals surface area contributed by atoms with Crippen LogP contribution in [0.4, 0.5) is 0 Å².